The molecule has 0 spiro atoms. The lowest BCUT2D eigenvalue weighted by atomic mass is 10.1. The number of rotatable bonds is 11. The van der Waals surface area contributed by atoms with Crippen LogP contribution in [0.2, 0.25) is 0 Å². The Labute approximate surface area is 248 Å². The Morgan fingerprint density at radius 2 is 1.56 bits per heavy atom. The van der Waals surface area contributed by atoms with Gasteiger partial charge in [-0.2, -0.15) is 0 Å². The Morgan fingerprint density at radius 3 is 2.22 bits per heavy atom. The minimum absolute atomic E-state index is 0.322. The van der Waals surface area contributed by atoms with Gasteiger partial charge in [0.25, 0.3) is 0 Å². The van der Waals surface area contributed by atoms with Gasteiger partial charge in [0.15, 0.2) is 11.5 Å². The summed E-state index contributed by atoms with van der Waals surface area (Å²) in [5, 5.41) is 1.92. The highest BCUT2D eigenvalue weighted by Crippen LogP contribution is 2.31. The summed E-state index contributed by atoms with van der Waals surface area (Å²) in [5.74, 6) is 1.80. The van der Waals surface area contributed by atoms with E-state index >= 15 is 0 Å². The van der Waals surface area contributed by atoms with E-state index in [-0.39, 0.29) is 0 Å². The minimum Gasteiger partial charge on any atom is -0.493 e. The first-order chi connectivity index (χ1) is 19.8. The minimum atomic E-state index is -1.69. The highest BCUT2D eigenvalue weighted by molar-refractivity contribution is 7.80. The van der Waals surface area contributed by atoms with Gasteiger partial charge >= 0.3 is 0 Å². The molecule has 1 aliphatic rings. The van der Waals surface area contributed by atoms with Crippen molar-refractivity contribution in [3.63, 3.8) is 0 Å². The van der Waals surface area contributed by atoms with Gasteiger partial charge in [-0.15, -0.1) is 0 Å². The van der Waals surface area contributed by atoms with Crippen molar-refractivity contribution in [3.05, 3.63) is 96.9 Å². The molecule has 0 aliphatic carbocycles. The van der Waals surface area contributed by atoms with Crippen LogP contribution >= 0.6 is 0 Å². The maximum Gasteiger partial charge on any atom is 0.241 e. The van der Waals surface area contributed by atoms with Crippen molar-refractivity contribution in [3.8, 4) is 11.5 Å². The second-order valence-electron chi connectivity index (χ2n) is 9.58. The molecule has 41 heavy (non-hydrogen) atoms. The summed E-state index contributed by atoms with van der Waals surface area (Å²) in [4.78, 5) is 7.31. The summed E-state index contributed by atoms with van der Waals surface area (Å²) in [6, 6.07) is 17.8. The van der Waals surface area contributed by atoms with Gasteiger partial charge in [-0.3, -0.25) is 4.90 Å². The number of piperazine rings is 1. The zero-order chi connectivity index (χ0) is 29.9. The Kier molecular flexibility index (Phi) is 11.9. The van der Waals surface area contributed by atoms with E-state index in [1.807, 2.05) is 87.4 Å². The third-order valence-corrected chi connectivity index (χ3v) is 7.88. The first-order valence-corrected chi connectivity index (χ1v) is 14.9. The van der Waals surface area contributed by atoms with E-state index in [1.165, 1.54) is 5.56 Å². The van der Waals surface area contributed by atoms with Crippen LogP contribution in [0, 0.1) is 0 Å². The zero-order valence-electron chi connectivity index (χ0n) is 25.2. The van der Waals surface area contributed by atoms with E-state index in [0.29, 0.717) is 10.7 Å². The van der Waals surface area contributed by atoms with Crippen LogP contribution in [0.15, 0.2) is 96.3 Å². The average Bonchev–Trinajstić information content (AvgIpc) is 3.00. The topological polar surface area (TPSA) is 54.5 Å². The van der Waals surface area contributed by atoms with Crippen molar-refractivity contribution in [2.75, 3.05) is 59.4 Å². The lowest BCUT2D eigenvalue weighted by Crippen LogP contribution is -2.44. The smallest absolute Gasteiger partial charge is 0.241 e. The summed E-state index contributed by atoms with van der Waals surface area (Å²) in [6.07, 6.45) is 3.60. The second kappa shape index (κ2) is 15.3. The van der Waals surface area contributed by atoms with Gasteiger partial charge < -0.3 is 23.5 Å². The standard InChI is InChI=1S/C31H37N3O4S.C2H6/c1-23(34-19-17-33(18-20-34)22-25-15-16-29(36-5)30(21-25)37-6)13-14-24(2)38-39(35)31-12-8-9-26-27(31)10-7-11-28(26)32(3)4;1-2/h7-16,21H,1-2,17-20,22H2,3-6H3;1-2H3/b14-13-;. The molecule has 0 radical (unpaired) electrons. The number of fused-ring (bicyclic) bond motifs is 1. The predicted molar refractivity (Wildman–Crippen MR) is 171 cm³/mol. The van der Waals surface area contributed by atoms with Gasteiger partial charge in [0.2, 0.25) is 11.1 Å². The van der Waals surface area contributed by atoms with Crippen LogP contribution in [0.25, 0.3) is 10.8 Å². The fourth-order valence-corrected chi connectivity index (χ4v) is 5.58. The molecule has 1 saturated heterocycles. The second-order valence-corrected chi connectivity index (χ2v) is 10.7. The van der Waals surface area contributed by atoms with E-state index < -0.39 is 11.1 Å². The van der Waals surface area contributed by atoms with E-state index in [0.717, 1.165) is 66.4 Å². The summed E-state index contributed by atoms with van der Waals surface area (Å²) in [6.45, 7) is 16.6. The number of hydrogen-bond acceptors (Lipinski definition) is 7. The van der Waals surface area contributed by atoms with Crippen LogP contribution in [-0.4, -0.2) is 68.5 Å². The molecule has 0 aromatic heterocycles. The molecule has 1 fully saturated rings. The molecule has 1 unspecified atom stereocenters. The number of anilines is 1. The maximum atomic E-state index is 13.1. The summed E-state index contributed by atoms with van der Waals surface area (Å²) in [7, 11) is 7.28. The largest absolute Gasteiger partial charge is 0.493 e. The number of hydrogen-bond donors (Lipinski definition) is 0. The van der Waals surface area contributed by atoms with Crippen molar-refractivity contribution < 1.29 is 17.9 Å². The first-order valence-electron chi connectivity index (χ1n) is 13.8. The highest BCUT2D eigenvalue weighted by atomic mass is 32.2. The van der Waals surface area contributed by atoms with Gasteiger partial charge in [0.1, 0.15) is 5.76 Å². The predicted octanol–water partition coefficient (Wildman–Crippen LogP) is 6.39. The van der Waals surface area contributed by atoms with E-state index in [9.17, 15) is 4.21 Å². The summed E-state index contributed by atoms with van der Waals surface area (Å²) in [5.41, 5.74) is 3.12. The third kappa shape index (κ3) is 8.15. The number of ether oxygens (including phenoxy) is 2. The van der Waals surface area contributed by atoms with Crippen LogP contribution < -0.4 is 14.4 Å². The number of allylic oxidation sites excluding steroid dienone is 2. The Morgan fingerprint density at radius 1 is 0.902 bits per heavy atom. The molecule has 1 heterocycles. The molecule has 7 nitrogen and oxygen atoms in total. The van der Waals surface area contributed by atoms with Crippen molar-refractivity contribution in [1.29, 1.82) is 0 Å². The molecule has 8 heteroatoms. The molecular formula is C33H43N3O4S. The zero-order valence-corrected chi connectivity index (χ0v) is 26.0. The summed E-state index contributed by atoms with van der Waals surface area (Å²) < 4.78 is 29.5. The molecule has 1 aliphatic heterocycles. The van der Waals surface area contributed by atoms with E-state index in [4.69, 9.17) is 13.7 Å². The number of methoxy groups -OCH3 is 2. The molecule has 220 valence electrons. The van der Waals surface area contributed by atoms with Gasteiger partial charge in [-0.05, 0) is 42.0 Å². The number of benzene rings is 3. The van der Waals surface area contributed by atoms with Crippen molar-refractivity contribution in [1.82, 2.24) is 9.80 Å². The Hall–Kier alpha value is -3.75. The quantitative estimate of drug-likeness (QED) is 0.193. The van der Waals surface area contributed by atoms with Gasteiger partial charge in [-0.1, -0.05) is 57.3 Å². The molecule has 3 aromatic rings. The lowest BCUT2D eigenvalue weighted by Gasteiger charge is -2.36. The molecule has 0 N–H and O–H groups in total. The molecule has 1 atom stereocenters. The van der Waals surface area contributed by atoms with E-state index in [2.05, 4.69) is 29.0 Å². The van der Waals surface area contributed by atoms with Crippen LogP contribution in [0.3, 0.4) is 0 Å². The molecule has 0 saturated carbocycles. The molecule has 0 bridgehead atoms. The highest BCUT2D eigenvalue weighted by Gasteiger charge is 2.18. The molecule has 3 aromatic carbocycles. The third-order valence-electron chi connectivity index (χ3n) is 6.80. The Balaban J connectivity index is 0.00000226. The van der Waals surface area contributed by atoms with Crippen molar-refractivity contribution in [2.24, 2.45) is 0 Å². The first kappa shape index (κ1) is 31.8. The molecule has 0 amide bonds. The van der Waals surface area contributed by atoms with Crippen LogP contribution in [0.1, 0.15) is 19.4 Å². The molecular weight excluding hydrogens is 534 g/mol. The monoisotopic (exact) mass is 577 g/mol. The number of nitrogens with zero attached hydrogens (tertiary/aromatic N) is 3. The van der Waals surface area contributed by atoms with Crippen LogP contribution in [0.5, 0.6) is 11.5 Å². The average molecular weight is 578 g/mol. The fourth-order valence-electron chi connectivity index (χ4n) is 4.69. The van der Waals surface area contributed by atoms with Gasteiger partial charge in [0.05, 0.1) is 19.1 Å². The molecule has 4 rings (SSSR count). The van der Waals surface area contributed by atoms with Crippen LogP contribution in [-0.2, 0) is 21.8 Å². The SMILES string of the molecule is C=C(/C=C\C(=C)N1CCN(Cc2ccc(OC)c(OC)c2)CC1)OS(=O)c1cccc2c(N(C)C)cccc12.CC. The van der Waals surface area contributed by atoms with Crippen LogP contribution in [0.4, 0.5) is 5.69 Å². The fraction of sp³-hybridized carbons (Fsp3) is 0.333. The maximum absolute atomic E-state index is 13.1. The lowest BCUT2D eigenvalue weighted by molar-refractivity contribution is 0.156. The summed E-state index contributed by atoms with van der Waals surface area (Å²) >= 11 is -1.69. The van der Waals surface area contributed by atoms with Gasteiger partial charge in [-0.25, -0.2) is 4.21 Å². The van der Waals surface area contributed by atoms with Gasteiger partial charge in [0, 0.05) is 69.0 Å². The van der Waals surface area contributed by atoms with E-state index in [1.54, 1.807) is 20.3 Å². The van der Waals surface area contributed by atoms with Crippen molar-refractivity contribution >= 4 is 27.5 Å². The Bertz CT molecular complexity index is 1390. The normalized spacial score (nSPS) is 14.2. The van der Waals surface area contributed by atoms with Crippen molar-refractivity contribution in [2.45, 2.75) is 25.3 Å².